The van der Waals surface area contributed by atoms with E-state index in [1.807, 2.05) is 53.7 Å². The molecule has 0 bridgehead atoms. The Morgan fingerprint density at radius 3 is 1.78 bits per heavy atom. The molecule has 0 aliphatic carbocycles. The second-order valence-corrected chi connectivity index (χ2v) is 11.0. The molecule has 2 rings (SSSR count). The fraction of sp³-hybridized carbons (Fsp3) is 0.464. The highest BCUT2D eigenvalue weighted by atomic mass is 16.5. The first-order valence-electron chi connectivity index (χ1n) is 11.0. The topological polar surface area (TPSA) is 44.8 Å². The molecule has 0 fully saturated rings. The van der Waals surface area contributed by atoms with Crippen LogP contribution in [0.4, 0.5) is 0 Å². The van der Waals surface area contributed by atoms with E-state index in [-0.39, 0.29) is 16.8 Å². The molecule has 0 radical (unpaired) electrons. The zero-order valence-electron chi connectivity index (χ0n) is 21.3. The van der Waals surface area contributed by atoms with Crippen molar-refractivity contribution in [2.24, 2.45) is 0 Å². The summed E-state index contributed by atoms with van der Waals surface area (Å²) < 4.78 is 17.7. The third-order valence-electron chi connectivity index (χ3n) is 4.54. The molecule has 0 amide bonds. The predicted molar refractivity (Wildman–Crippen MR) is 132 cm³/mol. The van der Waals surface area contributed by atoms with E-state index < -0.39 is 5.60 Å². The lowest BCUT2D eigenvalue weighted by atomic mass is 9.85. The van der Waals surface area contributed by atoms with Crippen molar-refractivity contribution in [2.45, 2.75) is 78.9 Å². The third-order valence-corrected chi connectivity index (χ3v) is 4.54. The Morgan fingerprint density at radius 1 is 0.781 bits per heavy atom. The Balaban J connectivity index is 2.54. The van der Waals surface area contributed by atoms with Crippen molar-refractivity contribution >= 4 is 11.9 Å². The number of hydrogen-bond donors (Lipinski definition) is 0. The summed E-state index contributed by atoms with van der Waals surface area (Å²) in [5.74, 6) is 2.11. The zero-order valence-corrected chi connectivity index (χ0v) is 21.3. The van der Waals surface area contributed by atoms with Crippen LogP contribution in [0.3, 0.4) is 0 Å². The summed E-state index contributed by atoms with van der Waals surface area (Å²) in [7, 11) is 1.60. The molecule has 0 unspecified atom stereocenters. The van der Waals surface area contributed by atoms with Gasteiger partial charge in [-0.1, -0.05) is 20.8 Å². The fourth-order valence-corrected chi connectivity index (χ4v) is 3.14. The molecule has 32 heavy (non-hydrogen) atoms. The molecule has 0 N–H and O–H groups in total. The van der Waals surface area contributed by atoms with E-state index in [0.29, 0.717) is 11.3 Å². The van der Waals surface area contributed by atoms with Crippen LogP contribution in [0.1, 0.15) is 83.8 Å². The lowest BCUT2D eigenvalue weighted by Crippen LogP contribution is -2.27. The van der Waals surface area contributed by atoms with Crippen molar-refractivity contribution in [1.82, 2.24) is 0 Å². The third kappa shape index (κ3) is 7.44. The molecule has 0 saturated carbocycles. The standard InChI is InChI=1S/C28H38O4/c1-26(2,3)22-17-20(13-16-23(29)19-11-14-21(30-10)15-12-19)24(31-27(4,5)6)18-25(22)32-28(7,8)9/h11-18H,1-10H3/b16-13-. The quantitative estimate of drug-likeness (QED) is 0.352. The van der Waals surface area contributed by atoms with E-state index >= 15 is 0 Å². The summed E-state index contributed by atoms with van der Waals surface area (Å²) in [6, 6.07) is 11.1. The summed E-state index contributed by atoms with van der Waals surface area (Å²) in [6.07, 6.45) is 3.41. The van der Waals surface area contributed by atoms with Crippen molar-refractivity contribution in [3.63, 3.8) is 0 Å². The minimum absolute atomic E-state index is 0.0818. The molecule has 0 aliphatic rings. The van der Waals surface area contributed by atoms with Gasteiger partial charge in [0.15, 0.2) is 5.78 Å². The molecule has 0 spiro atoms. The van der Waals surface area contributed by atoms with E-state index in [9.17, 15) is 4.79 Å². The summed E-state index contributed by atoms with van der Waals surface area (Å²) in [4.78, 5) is 12.8. The highest BCUT2D eigenvalue weighted by molar-refractivity contribution is 6.07. The monoisotopic (exact) mass is 438 g/mol. The molecule has 0 saturated heterocycles. The van der Waals surface area contributed by atoms with Crippen LogP contribution < -0.4 is 14.2 Å². The molecule has 2 aromatic carbocycles. The largest absolute Gasteiger partial charge is 0.497 e. The van der Waals surface area contributed by atoms with Gasteiger partial charge in [-0.25, -0.2) is 0 Å². The summed E-state index contributed by atoms with van der Waals surface area (Å²) in [5.41, 5.74) is 1.61. The van der Waals surface area contributed by atoms with Crippen molar-refractivity contribution < 1.29 is 19.0 Å². The Labute approximate surface area is 193 Å². The first-order chi connectivity index (χ1) is 14.6. The molecule has 4 heteroatoms. The average Bonchev–Trinajstić information content (AvgIpc) is 2.63. The van der Waals surface area contributed by atoms with Crippen LogP contribution in [0.2, 0.25) is 0 Å². The van der Waals surface area contributed by atoms with E-state index in [1.165, 1.54) is 0 Å². The first-order valence-corrected chi connectivity index (χ1v) is 11.0. The number of allylic oxidation sites excluding steroid dienone is 1. The van der Waals surface area contributed by atoms with Crippen LogP contribution in [0.5, 0.6) is 17.2 Å². The second-order valence-electron chi connectivity index (χ2n) is 11.0. The highest BCUT2D eigenvalue weighted by Crippen LogP contribution is 2.40. The SMILES string of the molecule is COc1ccc(C(=O)/C=C\c2cc(C(C)(C)C)c(OC(C)(C)C)cc2OC(C)(C)C)cc1. The van der Waals surface area contributed by atoms with Gasteiger partial charge >= 0.3 is 0 Å². The van der Waals surface area contributed by atoms with Crippen LogP contribution in [-0.2, 0) is 5.41 Å². The molecular weight excluding hydrogens is 400 g/mol. The Kier molecular flexibility index (Phi) is 7.49. The maximum Gasteiger partial charge on any atom is 0.185 e. The van der Waals surface area contributed by atoms with Crippen molar-refractivity contribution in [2.75, 3.05) is 7.11 Å². The Bertz CT molecular complexity index is 963. The average molecular weight is 439 g/mol. The summed E-state index contributed by atoms with van der Waals surface area (Å²) in [5, 5.41) is 0. The molecule has 4 nitrogen and oxygen atoms in total. The van der Waals surface area contributed by atoms with Crippen molar-refractivity contribution in [3.8, 4) is 17.2 Å². The molecule has 2 aromatic rings. The van der Waals surface area contributed by atoms with E-state index in [4.69, 9.17) is 14.2 Å². The van der Waals surface area contributed by atoms with Gasteiger partial charge in [-0.2, -0.15) is 0 Å². The van der Waals surface area contributed by atoms with Crippen molar-refractivity contribution in [3.05, 3.63) is 59.2 Å². The smallest absolute Gasteiger partial charge is 0.185 e. The minimum Gasteiger partial charge on any atom is -0.497 e. The van der Waals surface area contributed by atoms with Crippen LogP contribution in [-0.4, -0.2) is 24.1 Å². The minimum atomic E-state index is -0.398. The Hall–Kier alpha value is -2.75. The van der Waals surface area contributed by atoms with E-state index in [0.717, 1.165) is 22.6 Å². The first kappa shape index (κ1) is 25.5. The Morgan fingerprint density at radius 2 is 1.31 bits per heavy atom. The van der Waals surface area contributed by atoms with Gasteiger partial charge in [0.05, 0.1) is 7.11 Å². The van der Waals surface area contributed by atoms with Crippen LogP contribution in [0.15, 0.2) is 42.5 Å². The zero-order chi connectivity index (χ0) is 24.3. The van der Waals surface area contributed by atoms with Gasteiger partial charge in [0.2, 0.25) is 0 Å². The number of carbonyl (C=O) groups excluding carboxylic acids is 1. The fourth-order valence-electron chi connectivity index (χ4n) is 3.14. The lowest BCUT2D eigenvalue weighted by Gasteiger charge is -2.30. The maximum atomic E-state index is 12.8. The lowest BCUT2D eigenvalue weighted by molar-refractivity contribution is 0.104. The second kappa shape index (κ2) is 9.40. The maximum absolute atomic E-state index is 12.8. The number of carbonyl (C=O) groups is 1. The number of ether oxygens (including phenoxy) is 3. The normalized spacial score (nSPS) is 12.7. The van der Waals surface area contributed by atoms with Gasteiger partial charge in [0.25, 0.3) is 0 Å². The van der Waals surface area contributed by atoms with Crippen LogP contribution >= 0.6 is 0 Å². The molecule has 0 atom stereocenters. The van der Waals surface area contributed by atoms with Gasteiger partial charge in [0, 0.05) is 22.8 Å². The van der Waals surface area contributed by atoms with Gasteiger partial charge in [0.1, 0.15) is 28.5 Å². The van der Waals surface area contributed by atoms with E-state index in [1.54, 1.807) is 37.5 Å². The van der Waals surface area contributed by atoms with Gasteiger partial charge in [-0.3, -0.25) is 4.79 Å². The van der Waals surface area contributed by atoms with Crippen molar-refractivity contribution in [1.29, 1.82) is 0 Å². The highest BCUT2D eigenvalue weighted by Gasteiger charge is 2.26. The van der Waals surface area contributed by atoms with E-state index in [2.05, 4.69) is 26.8 Å². The van der Waals surface area contributed by atoms with Gasteiger partial charge in [-0.15, -0.1) is 0 Å². The summed E-state index contributed by atoms with van der Waals surface area (Å²) in [6.45, 7) is 18.6. The summed E-state index contributed by atoms with van der Waals surface area (Å²) >= 11 is 0. The number of methoxy groups -OCH3 is 1. The van der Waals surface area contributed by atoms with Crippen LogP contribution in [0.25, 0.3) is 6.08 Å². The molecule has 0 aliphatic heterocycles. The predicted octanol–water partition coefficient (Wildman–Crippen LogP) is 7.24. The number of rotatable bonds is 6. The van der Waals surface area contributed by atoms with Crippen LogP contribution in [0, 0.1) is 0 Å². The molecular formula is C28H38O4. The molecule has 0 heterocycles. The number of benzene rings is 2. The van der Waals surface area contributed by atoms with Gasteiger partial charge in [-0.05, 0) is 89.4 Å². The molecule has 0 aromatic heterocycles. The number of hydrogen-bond acceptors (Lipinski definition) is 4. The van der Waals surface area contributed by atoms with Gasteiger partial charge < -0.3 is 14.2 Å². The molecule has 174 valence electrons. The number of ketones is 1.